The topological polar surface area (TPSA) is 29.1 Å². The van der Waals surface area contributed by atoms with Crippen LogP contribution in [0.1, 0.15) is 56.5 Å². The first-order valence-corrected chi connectivity index (χ1v) is 7.39. The normalized spacial score (nSPS) is 12.0. The molecule has 124 valence electrons. The molecule has 0 saturated carbocycles. The summed E-state index contributed by atoms with van der Waals surface area (Å²) in [6, 6.07) is 4.18. The molecule has 0 aliphatic heterocycles. The van der Waals surface area contributed by atoms with Crippen LogP contribution in [0.25, 0.3) is 0 Å². The molecule has 0 radical (unpaired) electrons. The van der Waals surface area contributed by atoms with Crippen molar-refractivity contribution in [3.05, 3.63) is 47.5 Å². The number of amides is 1. The second kappa shape index (κ2) is 9.28. The van der Waals surface area contributed by atoms with E-state index in [1.165, 1.54) is 12.1 Å². The molecule has 1 atom stereocenters. The quantitative estimate of drug-likeness (QED) is 0.743. The highest BCUT2D eigenvalue weighted by molar-refractivity contribution is 5.94. The molecule has 22 heavy (non-hydrogen) atoms. The highest BCUT2D eigenvalue weighted by Crippen LogP contribution is 2.29. The SMILES string of the molecule is C=C(C)C(CCC)NC(=O)c1cccc(C(F)(F)F)c1.CC. The zero-order chi connectivity index (χ0) is 17.3. The van der Waals surface area contributed by atoms with Crippen LogP contribution in [0.3, 0.4) is 0 Å². The number of nitrogens with one attached hydrogen (secondary N) is 1. The molecule has 0 saturated heterocycles. The highest BCUT2D eigenvalue weighted by Gasteiger charge is 2.31. The molecule has 0 aliphatic rings. The Morgan fingerprint density at radius 2 is 1.91 bits per heavy atom. The molecular weight excluding hydrogens is 291 g/mol. The monoisotopic (exact) mass is 315 g/mol. The van der Waals surface area contributed by atoms with Crippen molar-refractivity contribution >= 4 is 5.91 Å². The minimum absolute atomic E-state index is 0.00202. The third-order valence-corrected chi connectivity index (χ3v) is 2.93. The van der Waals surface area contributed by atoms with E-state index < -0.39 is 17.6 Å². The van der Waals surface area contributed by atoms with Gasteiger partial charge in [-0.15, -0.1) is 0 Å². The predicted molar refractivity (Wildman–Crippen MR) is 83.8 cm³/mol. The molecule has 1 amide bonds. The molecule has 2 nitrogen and oxygen atoms in total. The fourth-order valence-electron chi connectivity index (χ4n) is 1.81. The largest absolute Gasteiger partial charge is 0.416 e. The summed E-state index contributed by atoms with van der Waals surface area (Å²) in [7, 11) is 0. The molecule has 1 aromatic rings. The maximum absolute atomic E-state index is 12.6. The molecule has 1 aromatic carbocycles. The zero-order valence-electron chi connectivity index (χ0n) is 13.6. The van der Waals surface area contributed by atoms with Crippen molar-refractivity contribution in [3.63, 3.8) is 0 Å². The summed E-state index contributed by atoms with van der Waals surface area (Å²) in [5.74, 6) is -0.516. The van der Waals surface area contributed by atoms with Gasteiger partial charge in [0, 0.05) is 11.6 Å². The molecule has 0 bridgehead atoms. The van der Waals surface area contributed by atoms with Crippen LogP contribution in [0.4, 0.5) is 13.2 Å². The summed E-state index contributed by atoms with van der Waals surface area (Å²) in [4.78, 5) is 12.0. The van der Waals surface area contributed by atoms with Gasteiger partial charge in [0.05, 0.1) is 5.56 Å². The Morgan fingerprint density at radius 3 is 2.36 bits per heavy atom. The summed E-state index contributed by atoms with van der Waals surface area (Å²) >= 11 is 0. The average Bonchev–Trinajstić information content (AvgIpc) is 2.48. The van der Waals surface area contributed by atoms with E-state index >= 15 is 0 Å². The van der Waals surface area contributed by atoms with Crippen molar-refractivity contribution in [2.75, 3.05) is 0 Å². The van der Waals surface area contributed by atoms with Gasteiger partial charge in [0.2, 0.25) is 0 Å². The highest BCUT2D eigenvalue weighted by atomic mass is 19.4. The van der Waals surface area contributed by atoms with Gasteiger partial charge >= 0.3 is 6.18 Å². The second-order valence-corrected chi connectivity index (χ2v) is 4.74. The Labute approximate surface area is 130 Å². The van der Waals surface area contributed by atoms with Crippen LogP contribution in [0, 0.1) is 0 Å². The van der Waals surface area contributed by atoms with E-state index in [0.717, 1.165) is 24.1 Å². The number of rotatable bonds is 5. The van der Waals surface area contributed by atoms with E-state index in [-0.39, 0.29) is 11.6 Å². The van der Waals surface area contributed by atoms with Crippen LogP contribution in [0.5, 0.6) is 0 Å². The molecule has 1 rings (SSSR count). The average molecular weight is 315 g/mol. The van der Waals surface area contributed by atoms with Gasteiger partial charge in [-0.1, -0.05) is 45.4 Å². The fourth-order valence-corrected chi connectivity index (χ4v) is 1.81. The lowest BCUT2D eigenvalue weighted by atomic mass is 10.0. The molecule has 0 spiro atoms. The first-order valence-electron chi connectivity index (χ1n) is 7.39. The molecule has 1 N–H and O–H groups in total. The fraction of sp³-hybridized carbons (Fsp3) is 0.471. The van der Waals surface area contributed by atoms with Gasteiger partial charge in [-0.25, -0.2) is 0 Å². The van der Waals surface area contributed by atoms with Crippen molar-refractivity contribution in [1.29, 1.82) is 0 Å². The number of benzene rings is 1. The first kappa shape index (κ1) is 20.2. The van der Waals surface area contributed by atoms with Gasteiger partial charge < -0.3 is 5.32 Å². The van der Waals surface area contributed by atoms with Crippen LogP contribution in [0.2, 0.25) is 0 Å². The Balaban J connectivity index is 0.00000211. The van der Waals surface area contributed by atoms with Gasteiger partial charge in [-0.05, 0) is 31.5 Å². The van der Waals surface area contributed by atoms with Gasteiger partial charge in [-0.3, -0.25) is 4.79 Å². The van der Waals surface area contributed by atoms with E-state index in [1.54, 1.807) is 6.92 Å². The molecule has 0 aromatic heterocycles. The molecule has 0 fully saturated rings. The summed E-state index contributed by atoms with van der Waals surface area (Å²) < 4.78 is 37.8. The standard InChI is InChI=1S/C15H18F3NO.C2H6/c1-4-6-13(10(2)3)19-14(20)11-7-5-8-12(9-11)15(16,17)18;1-2/h5,7-9,13H,2,4,6H2,1,3H3,(H,19,20);1-2H3. The van der Waals surface area contributed by atoms with Crippen LogP contribution >= 0.6 is 0 Å². The number of carbonyl (C=O) groups excluding carboxylic acids is 1. The lowest BCUT2D eigenvalue weighted by Crippen LogP contribution is -2.35. The molecule has 0 aliphatic carbocycles. The van der Waals surface area contributed by atoms with E-state index in [4.69, 9.17) is 0 Å². The van der Waals surface area contributed by atoms with Crippen molar-refractivity contribution in [2.45, 2.75) is 52.8 Å². The van der Waals surface area contributed by atoms with Gasteiger partial charge in [-0.2, -0.15) is 13.2 Å². The Morgan fingerprint density at radius 1 is 1.32 bits per heavy atom. The van der Waals surface area contributed by atoms with Gasteiger partial charge in [0.25, 0.3) is 5.91 Å². The van der Waals surface area contributed by atoms with Crippen LogP contribution < -0.4 is 5.32 Å². The summed E-state index contributed by atoms with van der Waals surface area (Å²) in [6.07, 6.45) is -2.89. The van der Waals surface area contributed by atoms with Gasteiger partial charge in [0.1, 0.15) is 0 Å². The molecule has 1 unspecified atom stereocenters. The maximum Gasteiger partial charge on any atom is 0.416 e. The minimum atomic E-state index is -4.45. The smallest absolute Gasteiger partial charge is 0.346 e. The van der Waals surface area contributed by atoms with E-state index in [0.29, 0.717) is 6.42 Å². The number of hydrogen-bond donors (Lipinski definition) is 1. The van der Waals surface area contributed by atoms with Crippen molar-refractivity contribution in [2.24, 2.45) is 0 Å². The lowest BCUT2D eigenvalue weighted by molar-refractivity contribution is -0.137. The summed E-state index contributed by atoms with van der Waals surface area (Å²) in [5.41, 5.74) is -0.0399. The van der Waals surface area contributed by atoms with Crippen molar-refractivity contribution in [3.8, 4) is 0 Å². The van der Waals surface area contributed by atoms with Crippen molar-refractivity contribution in [1.82, 2.24) is 5.32 Å². The van der Waals surface area contributed by atoms with Gasteiger partial charge in [0.15, 0.2) is 0 Å². The van der Waals surface area contributed by atoms with Crippen LogP contribution in [-0.4, -0.2) is 11.9 Å². The van der Waals surface area contributed by atoms with Crippen LogP contribution in [0.15, 0.2) is 36.4 Å². The Bertz CT molecular complexity index is 495. The number of alkyl halides is 3. The number of hydrogen-bond acceptors (Lipinski definition) is 1. The summed E-state index contributed by atoms with van der Waals surface area (Å²) in [6.45, 7) is 11.5. The second-order valence-electron chi connectivity index (χ2n) is 4.74. The maximum atomic E-state index is 12.6. The third-order valence-electron chi connectivity index (χ3n) is 2.93. The third kappa shape index (κ3) is 6.33. The summed E-state index contributed by atoms with van der Waals surface area (Å²) in [5, 5.41) is 2.71. The van der Waals surface area contributed by atoms with E-state index in [9.17, 15) is 18.0 Å². The molecule has 0 heterocycles. The Kier molecular flexibility index (Phi) is 8.53. The first-order chi connectivity index (χ1) is 10.3. The number of carbonyl (C=O) groups is 1. The lowest BCUT2D eigenvalue weighted by Gasteiger charge is -2.18. The minimum Gasteiger partial charge on any atom is -0.346 e. The van der Waals surface area contributed by atoms with E-state index in [1.807, 2.05) is 20.8 Å². The molecular formula is C17H24F3NO. The Hall–Kier alpha value is -1.78. The van der Waals surface area contributed by atoms with E-state index in [2.05, 4.69) is 11.9 Å². The van der Waals surface area contributed by atoms with Crippen molar-refractivity contribution < 1.29 is 18.0 Å². The predicted octanol–water partition coefficient (Wildman–Crippen LogP) is 5.21. The van der Waals surface area contributed by atoms with Crippen LogP contribution in [-0.2, 0) is 6.18 Å². The zero-order valence-corrected chi connectivity index (χ0v) is 13.6. The molecule has 5 heteroatoms. The number of halogens is 3.